The van der Waals surface area contributed by atoms with Crippen molar-refractivity contribution >= 4 is 40.8 Å². The van der Waals surface area contributed by atoms with E-state index in [0.29, 0.717) is 29.5 Å². The molecule has 1 saturated heterocycles. The Morgan fingerprint density at radius 1 is 1.32 bits per heavy atom. The number of halogens is 1. The molecule has 0 unspecified atom stereocenters. The molecule has 8 heteroatoms. The molecule has 6 nitrogen and oxygen atoms in total. The molecule has 3 rings (SSSR count). The van der Waals surface area contributed by atoms with E-state index < -0.39 is 0 Å². The summed E-state index contributed by atoms with van der Waals surface area (Å²) in [6, 6.07) is 7.36. The number of thiazole rings is 1. The summed E-state index contributed by atoms with van der Waals surface area (Å²) < 4.78 is 4.76. The number of hydrogen-bond acceptors (Lipinski definition) is 6. The van der Waals surface area contributed by atoms with Crippen LogP contribution in [0.25, 0.3) is 0 Å². The maximum Gasteiger partial charge on any atom is 0.337 e. The number of aromatic nitrogens is 1. The second-order valence-electron chi connectivity index (χ2n) is 6.78. The smallest absolute Gasteiger partial charge is 0.337 e. The Balaban J connectivity index is 0.00000280. The first-order valence-corrected chi connectivity index (χ1v) is 10.1. The predicted octanol–water partition coefficient (Wildman–Crippen LogP) is 3.66. The minimum Gasteiger partial charge on any atom is -0.465 e. The number of carbonyl (C=O) groups is 2. The molecule has 1 aliphatic rings. The number of nitrogens with zero attached hydrogens (tertiary/aromatic N) is 1. The molecule has 152 valence electrons. The topological polar surface area (TPSA) is 80.3 Å². The van der Waals surface area contributed by atoms with Gasteiger partial charge in [0.15, 0.2) is 5.13 Å². The normalized spacial score (nSPS) is 14.2. The fourth-order valence-corrected chi connectivity index (χ4v) is 4.12. The van der Waals surface area contributed by atoms with Crippen LogP contribution < -0.4 is 10.6 Å². The van der Waals surface area contributed by atoms with Crippen LogP contribution >= 0.6 is 23.7 Å². The van der Waals surface area contributed by atoms with Crippen LogP contribution in [0.4, 0.5) is 5.13 Å². The molecule has 1 aromatic carbocycles. The van der Waals surface area contributed by atoms with Crippen molar-refractivity contribution in [3.63, 3.8) is 0 Å². The molecule has 0 aliphatic carbocycles. The van der Waals surface area contributed by atoms with Crippen LogP contribution in [0.1, 0.15) is 46.5 Å². The second kappa shape index (κ2) is 11.1. The number of hydrogen-bond donors (Lipinski definition) is 2. The van der Waals surface area contributed by atoms with Crippen molar-refractivity contribution in [1.29, 1.82) is 0 Å². The zero-order valence-corrected chi connectivity index (χ0v) is 17.5. The van der Waals surface area contributed by atoms with Crippen molar-refractivity contribution in [2.75, 3.05) is 25.5 Å². The number of amides is 1. The van der Waals surface area contributed by atoms with Gasteiger partial charge in [0.25, 0.3) is 0 Å². The molecule has 1 aromatic heterocycles. The summed E-state index contributed by atoms with van der Waals surface area (Å²) in [4.78, 5) is 29.1. The Hall–Kier alpha value is -1.96. The van der Waals surface area contributed by atoms with Crippen LogP contribution in [0.2, 0.25) is 0 Å². The lowest BCUT2D eigenvalue weighted by Gasteiger charge is -2.21. The van der Waals surface area contributed by atoms with E-state index >= 15 is 0 Å². The molecule has 1 fully saturated rings. The molecular weight excluding hydrogens is 398 g/mol. The lowest BCUT2D eigenvalue weighted by molar-refractivity contribution is -0.116. The minimum absolute atomic E-state index is 0. The Labute approximate surface area is 175 Å². The first-order valence-electron chi connectivity index (χ1n) is 9.26. The fourth-order valence-electron chi connectivity index (χ4n) is 3.26. The van der Waals surface area contributed by atoms with Gasteiger partial charge in [-0.05, 0) is 56.0 Å². The van der Waals surface area contributed by atoms with Crippen LogP contribution in [0.3, 0.4) is 0 Å². The van der Waals surface area contributed by atoms with Crippen molar-refractivity contribution in [3.8, 4) is 0 Å². The molecular formula is C20H26ClN3O3S. The van der Waals surface area contributed by atoms with Gasteiger partial charge in [-0.3, -0.25) is 4.79 Å². The first-order chi connectivity index (χ1) is 13.1. The van der Waals surface area contributed by atoms with E-state index in [1.165, 1.54) is 18.4 Å². The highest BCUT2D eigenvalue weighted by Gasteiger charge is 2.15. The van der Waals surface area contributed by atoms with E-state index in [1.807, 2.05) is 18.2 Å². The summed E-state index contributed by atoms with van der Waals surface area (Å²) in [5, 5.41) is 6.88. The van der Waals surface area contributed by atoms with Gasteiger partial charge in [-0.15, -0.1) is 23.7 Å². The van der Waals surface area contributed by atoms with Gasteiger partial charge in [-0.2, -0.15) is 0 Å². The number of piperidine rings is 1. The van der Waals surface area contributed by atoms with Gasteiger partial charge in [0.1, 0.15) is 0 Å². The third-order valence-electron chi connectivity index (χ3n) is 4.76. The molecule has 2 N–H and O–H groups in total. The number of nitrogens with one attached hydrogen (secondary N) is 2. The predicted molar refractivity (Wildman–Crippen MR) is 113 cm³/mol. The van der Waals surface area contributed by atoms with Crippen molar-refractivity contribution in [1.82, 2.24) is 10.3 Å². The zero-order chi connectivity index (χ0) is 19.1. The van der Waals surface area contributed by atoms with Crippen molar-refractivity contribution in [3.05, 3.63) is 46.5 Å². The summed E-state index contributed by atoms with van der Waals surface area (Å²) in [5.41, 5.74) is 1.54. The monoisotopic (exact) mass is 423 g/mol. The molecule has 1 aliphatic heterocycles. The average molecular weight is 424 g/mol. The van der Waals surface area contributed by atoms with Crippen molar-refractivity contribution < 1.29 is 14.3 Å². The number of carbonyl (C=O) groups excluding carboxylic acids is 2. The summed E-state index contributed by atoms with van der Waals surface area (Å²) in [5.74, 6) is 0.330. The van der Waals surface area contributed by atoms with E-state index in [1.54, 1.807) is 12.3 Å². The van der Waals surface area contributed by atoms with E-state index in [0.717, 1.165) is 42.8 Å². The Kier molecular flexibility index (Phi) is 8.89. The highest BCUT2D eigenvalue weighted by molar-refractivity contribution is 7.15. The number of methoxy groups -OCH3 is 1. The van der Waals surface area contributed by atoms with Crippen LogP contribution in [-0.2, 0) is 16.0 Å². The molecule has 1 amide bonds. The molecule has 0 atom stereocenters. The largest absolute Gasteiger partial charge is 0.465 e. The number of anilines is 1. The second-order valence-corrected chi connectivity index (χ2v) is 7.90. The van der Waals surface area contributed by atoms with E-state index in [9.17, 15) is 9.59 Å². The molecule has 28 heavy (non-hydrogen) atoms. The molecule has 0 saturated carbocycles. The van der Waals surface area contributed by atoms with Crippen LogP contribution in [0.5, 0.6) is 0 Å². The Morgan fingerprint density at radius 2 is 2.11 bits per heavy atom. The van der Waals surface area contributed by atoms with Gasteiger partial charge < -0.3 is 15.4 Å². The van der Waals surface area contributed by atoms with Crippen LogP contribution in [0.15, 0.2) is 30.5 Å². The summed E-state index contributed by atoms with van der Waals surface area (Å²) in [7, 11) is 1.37. The van der Waals surface area contributed by atoms with E-state index in [2.05, 4.69) is 15.6 Å². The zero-order valence-electron chi connectivity index (χ0n) is 15.9. The van der Waals surface area contributed by atoms with Gasteiger partial charge in [0.2, 0.25) is 5.91 Å². The van der Waals surface area contributed by atoms with Crippen molar-refractivity contribution in [2.45, 2.75) is 32.1 Å². The van der Waals surface area contributed by atoms with E-state index in [-0.39, 0.29) is 24.3 Å². The molecule has 0 radical (unpaired) electrons. The third kappa shape index (κ3) is 6.58. The number of benzene rings is 1. The quantitative estimate of drug-likeness (QED) is 0.664. The van der Waals surface area contributed by atoms with Gasteiger partial charge in [0.05, 0.1) is 12.7 Å². The highest BCUT2D eigenvalue weighted by Crippen LogP contribution is 2.23. The van der Waals surface area contributed by atoms with Gasteiger partial charge in [-0.25, -0.2) is 9.78 Å². The molecule has 2 heterocycles. The maximum atomic E-state index is 12.2. The van der Waals surface area contributed by atoms with Gasteiger partial charge in [-0.1, -0.05) is 12.1 Å². The van der Waals surface area contributed by atoms with Gasteiger partial charge in [0, 0.05) is 23.9 Å². The Bertz CT molecular complexity index is 791. The average Bonchev–Trinajstić information content (AvgIpc) is 3.13. The Morgan fingerprint density at radius 3 is 2.86 bits per heavy atom. The first kappa shape index (κ1) is 22.3. The summed E-state index contributed by atoms with van der Waals surface area (Å²) in [6.07, 6.45) is 6.22. The summed E-state index contributed by atoms with van der Waals surface area (Å²) in [6.45, 7) is 2.11. The molecule has 2 aromatic rings. The lowest BCUT2D eigenvalue weighted by Crippen LogP contribution is -2.28. The number of rotatable bonds is 7. The highest BCUT2D eigenvalue weighted by atomic mass is 35.5. The molecule has 0 spiro atoms. The van der Waals surface area contributed by atoms with E-state index in [4.69, 9.17) is 4.74 Å². The SMILES string of the molecule is COC(=O)c1cccc(Cc2cnc(NC(=O)CCC3CCNCC3)s2)c1.Cl. The minimum atomic E-state index is -0.345. The third-order valence-corrected chi connectivity index (χ3v) is 5.68. The summed E-state index contributed by atoms with van der Waals surface area (Å²) >= 11 is 1.47. The van der Waals surface area contributed by atoms with Crippen LogP contribution in [-0.4, -0.2) is 37.1 Å². The van der Waals surface area contributed by atoms with Crippen LogP contribution in [0, 0.1) is 5.92 Å². The maximum absolute atomic E-state index is 12.2. The fraction of sp³-hybridized carbons (Fsp3) is 0.450. The number of esters is 1. The lowest BCUT2D eigenvalue weighted by atomic mass is 9.93. The molecule has 0 bridgehead atoms. The van der Waals surface area contributed by atoms with Crippen molar-refractivity contribution in [2.24, 2.45) is 5.92 Å². The van der Waals surface area contributed by atoms with Gasteiger partial charge >= 0.3 is 5.97 Å². The number of ether oxygens (including phenoxy) is 1. The standard InChI is InChI=1S/C20H25N3O3S.ClH/c1-26-19(25)16-4-2-3-15(11-16)12-17-13-22-20(27-17)23-18(24)6-5-14-7-9-21-10-8-14;/h2-4,11,13-14,21H,5-10,12H2,1H3,(H,22,23,24);1H.